The minimum atomic E-state index is -2.74. The predicted octanol–water partition coefficient (Wildman–Crippen LogP) is 5.82. The normalized spacial score (nSPS) is 10.9. The maximum Gasteiger partial charge on any atom is 0.307 e. The first kappa shape index (κ1) is 20.7. The van der Waals surface area contributed by atoms with Gasteiger partial charge in [0.1, 0.15) is 16.0 Å². The molecule has 0 aliphatic carbocycles. The Morgan fingerprint density at radius 3 is 2.54 bits per heavy atom. The Labute approximate surface area is 166 Å². The molecule has 1 N–H and O–H groups in total. The van der Waals surface area contributed by atoms with Gasteiger partial charge in [-0.05, 0) is 56.1 Å². The van der Waals surface area contributed by atoms with Crippen LogP contribution in [0.2, 0.25) is 5.02 Å². The number of nitrogens with one attached hydrogen (secondary N) is 1. The van der Waals surface area contributed by atoms with Gasteiger partial charge in [0.15, 0.2) is 5.78 Å². The Morgan fingerprint density at radius 1 is 1.31 bits per heavy atom. The zero-order chi connectivity index (χ0) is 19.6. The lowest BCUT2D eigenvalue weighted by atomic mass is 10.0. The van der Waals surface area contributed by atoms with Crippen LogP contribution in [0.1, 0.15) is 15.9 Å². The zero-order valence-electron chi connectivity index (χ0n) is 12.5. The number of rotatable bonds is 6. The highest BCUT2D eigenvalue weighted by Crippen LogP contribution is 2.41. The van der Waals surface area contributed by atoms with E-state index in [4.69, 9.17) is 11.6 Å². The van der Waals surface area contributed by atoms with Gasteiger partial charge in [-0.25, -0.2) is 13.2 Å². The maximum atomic E-state index is 13.4. The van der Waals surface area contributed by atoms with Crippen molar-refractivity contribution < 1.29 is 22.9 Å². The maximum absolute atomic E-state index is 13.4. The van der Waals surface area contributed by atoms with Gasteiger partial charge in [-0.15, -0.1) is 0 Å². The topological polar surface area (TPSA) is 72.2 Å². The number of anilines is 1. The molecule has 0 unspecified atom stereocenters. The Bertz CT molecular complexity index is 897. The number of nitrogens with zero attached hydrogens (tertiary/aromatic N) is 1. The molecule has 0 fully saturated rings. The summed E-state index contributed by atoms with van der Waals surface area (Å²) < 4.78 is 38.1. The van der Waals surface area contributed by atoms with Crippen LogP contribution in [0.15, 0.2) is 33.2 Å². The molecule has 2 rings (SSSR count). The molecule has 0 amide bonds. The molecule has 0 spiro atoms. The van der Waals surface area contributed by atoms with Crippen molar-refractivity contribution in [2.24, 2.45) is 0 Å². The Morgan fingerprint density at radius 2 is 1.96 bits per heavy atom. The van der Waals surface area contributed by atoms with Crippen molar-refractivity contribution in [3.8, 4) is 0 Å². The molecule has 138 valence electrons. The molecule has 0 aliphatic heterocycles. The molecule has 0 aliphatic rings. The summed E-state index contributed by atoms with van der Waals surface area (Å²) in [5.41, 5.74) is -1.21. The van der Waals surface area contributed by atoms with E-state index in [-0.39, 0.29) is 30.8 Å². The van der Waals surface area contributed by atoms with Crippen molar-refractivity contribution in [1.29, 1.82) is 0 Å². The number of hydrogen-bond acceptors (Lipinski definition) is 4. The van der Waals surface area contributed by atoms with Gasteiger partial charge in [-0.3, -0.25) is 14.9 Å². The van der Waals surface area contributed by atoms with Crippen molar-refractivity contribution >= 4 is 60.6 Å². The van der Waals surface area contributed by atoms with Gasteiger partial charge in [-0.2, -0.15) is 0 Å². The molecule has 5 nitrogen and oxygen atoms in total. The second kappa shape index (κ2) is 8.36. The number of alkyl halides is 2. The van der Waals surface area contributed by atoms with E-state index < -0.39 is 35.2 Å². The van der Waals surface area contributed by atoms with E-state index in [1.165, 1.54) is 6.07 Å². The molecule has 0 saturated heterocycles. The van der Waals surface area contributed by atoms with E-state index in [0.29, 0.717) is 0 Å². The first-order valence-corrected chi connectivity index (χ1v) is 8.78. The van der Waals surface area contributed by atoms with Gasteiger partial charge in [0.2, 0.25) is 0 Å². The SMILES string of the molecule is O=C(c1cc(F)ccc1Cl)c1c(Br)cc(NCC(F)F)c([N+](=O)[O-])c1Br. The fourth-order valence-electron chi connectivity index (χ4n) is 2.12. The highest BCUT2D eigenvalue weighted by molar-refractivity contribution is 9.11. The van der Waals surface area contributed by atoms with Crippen LogP contribution in [0.5, 0.6) is 0 Å². The summed E-state index contributed by atoms with van der Waals surface area (Å²) in [4.78, 5) is 23.3. The highest BCUT2D eigenvalue weighted by Gasteiger charge is 2.29. The van der Waals surface area contributed by atoms with E-state index in [9.17, 15) is 28.1 Å². The van der Waals surface area contributed by atoms with Crippen LogP contribution >= 0.6 is 43.5 Å². The number of nitro benzene ring substituents is 1. The fraction of sp³-hybridized carbons (Fsp3) is 0.133. The number of carbonyl (C=O) groups excluding carboxylic acids is 1. The van der Waals surface area contributed by atoms with Crippen LogP contribution in [0.4, 0.5) is 24.5 Å². The van der Waals surface area contributed by atoms with Crippen molar-refractivity contribution in [3.63, 3.8) is 0 Å². The largest absolute Gasteiger partial charge is 0.374 e. The van der Waals surface area contributed by atoms with E-state index >= 15 is 0 Å². The zero-order valence-corrected chi connectivity index (χ0v) is 16.5. The van der Waals surface area contributed by atoms with Crippen molar-refractivity contribution in [3.05, 3.63) is 65.3 Å². The number of ketones is 1. The molecular formula is C15H8Br2ClF3N2O3. The molecule has 0 aromatic heterocycles. The molecule has 0 atom stereocenters. The number of halogens is 6. The third-order valence-electron chi connectivity index (χ3n) is 3.22. The Hall–Kier alpha value is -1.65. The lowest BCUT2D eigenvalue weighted by molar-refractivity contribution is -0.384. The Balaban J connectivity index is 2.62. The third-order valence-corrected chi connectivity index (χ3v) is 4.95. The minimum Gasteiger partial charge on any atom is -0.374 e. The monoisotopic (exact) mass is 514 g/mol. The molecule has 2 aromatic rings. The van der Waals surface area contributed by atoms with E-state index in [1.54, 1.807) is 0 Å². The average molecular weight is 516 g/mol. The first-order valence-electron chi connectivity index (χ1n) is 6.81. The highest BCUT2D eigenvalue weighted by atomic mass is 79.9. The summed E-state index contributed by atoms with van der Waals surface area (Å²) in [5, 5.41) is 13.6. The smallest absolute Gasteiger partial charge is 0.307 e. The molecule has 11 heteroatoms. The van der Waals surface area contributed by atoms with Gasteiger partial charge >= 0.3 is 5.69 Å². The second-order valence-electron chi connectivity index (χ2n) is 4.93. The lowest BCUT2D eigenvalue weighted by Crippen LogP contribution is -2.13. The average Bonchev–Trinajstić information content (AvgIpc) is 2.54. The fourth-order valence-corrected chi connectivity index (χ4v) is 3.95. The predicted molar refractivity (Wildman–Crippen MR) is 97.8 cm³/mol. The number of nitro groups is 1. The first-order chi connectivity index (χ1) is 12.1. The van der Waals surface area contributed by atoms with Gasteiger partial charge < -0.3 is 5.32 Å². The summed E-state index contributed by atoms with van der Waals surface area (Å²) in [6.45, 7) is -0.817. The van der Waals surface area contributed by atoms with Crippen LogP contribution in [-0.4, -0.2) is 23.7 Å². The van der Waals surface area contributed by atoms with Gasteiger partial charge in [0.05, 0.1) is 22.1 Å². The lowest BCUT2D eigenvalue weighted by Gasteiger charge is -2.13. The molecule has 0 bridgehead atoms. The summed E-state index contributed by atoms with van der Waals surface area (Å²) in [5.74, 6) is -1.49. The number of hydrogen-bond donors (Lipinski definition) is 1. The van der Waals surface area contributed by atoms with Crippen LogP contribution in [0.25, 0.3) is 0 Å². The number of carbonyl (C=O) groups is 1. The molecule has 0 radical (unpaired) electrons. The van der Waals surface area contributed by atoms with Crippen molar-refractivity contribution in [1.82, 2.24) is 0 Å². The van der Waals surface area contributed by atoms with Gasteiger partial charge in [-0.1, -0.05) is 11.6 Å². The van der Waals surface area contributed by atoms with E-state index in [2.05, 4.69) is 37.2 Å². The second-order valence-corrected chi connectivity index (χ2v) is 6.98. The third kappa shape index (κ3) is 4.36. The van der Waals surface area contributed by atoms with E-state index in [1.807, 2.05) is 0 Å². The standard InChI is InChI=1S/C15H8Br2ClF3N2O3/c16-8-4-10(22-5-11(20)21)14(23(25)26)13(17)12(8)15(24)7-3-6(19)1-2-9(7)18/h1-4,11,22H,5H2. The van der Waals surface area contributed by atoms with Gasteiger partial charge in [0, 0.05) is 10.0 Å². The van der Waals surface area contributed by atoms with Gasteiger partial charge in [0.25, 0.3) is 6.43 Å². The van der Waals surface area contributed by atoms with Crippen LogP contribution < -0.4 is 5.32 Å². The Kier molecular flexibility index (Phi) is 6.64. The van der Waals surface area contributed by atoms with Crippen LogP contribution in [0, 0.1) is 15.9 Å². The van der Waals surface area contributed by atoms with Crippen molar-refractivity contribution in [2.75, 3.05) is 11.9 Å². The summed E-state index contributed by atoms with van der Waals surface area (Å²) in [6.07, 6.45) is -2.74. The molecule has 0 saturated carbocycles. The quantitative estimate of drug-likeness (QED) is 0.298. The number of benzene rings is 2. The van der Waals surface area contributed by atoms with Crippen molar-refractivity contribution in [2.45, 2.75) is 6.43 Å². The minimum absolute atomic E-state index is 0.0437. The summed E-state index contributed by atoms with van der Waals surface area (Å²) >= 11 is 12.0. The molecule has 26 heavy (non-hydrogen) atoms. The van der Waals surface area contributed by atoms with E-state index in [0.717, 1.165) is 18.2 Å². The van der Waals surface area contributed by atoms with Crippen LogP contribution in [0.3, 0.4) is 0 Å². The molecule has 2 aromatic carbocycles. The molecule has 0 heterocycles. The van der Waals surface area contributed by atoms with Crippen LogP contribution in [-0.2, 0) is 0 Å². The molecular weight excluding hydrogens is 508 g/mol. The summed E-state index contributed by atoms with van der Waals surface area (Å²) in [6, 6.07) is 4.27. The summed E-state index contributed by atoms with van der Waals surface area (Å²) in [7, 11) is 0.